The van der Waals surface area contributed by atoms with Gasteiger partial charge in [-0.1, -0.05) is 25.0 Å². The summed E-state index contributed by atoms with van der Waals surface area (Å²) in [6, 6.07) is 15.4. The lowest BCUT2D eigenvalue weighted by Gasteiger charge is -2.48. The largest absolute Gasteiger partial charge is 0.372 e. The summed E-state index contributed by atoms with van der Waals surface area (Å²) in [4.78, 5) is 44.6. The van der Waals surface area contributed by atoms with Crippen LogP contribution in [0.1, 0.15) is 68.6 Å². The predicted molar refractivity (Wildman–Crippen MR) is 138 cm³/mol. The lowest BCUT2D eigenvalue weighted by Crippen LogP contribution is -2.62. The van der Waals surface area contributed by atoms with E-state index in [1.165, 1.54) is 31.4 Å². The maximum atomic E-state index is 13.3. The van der Waals surface area contributed by atoms with Gasteiger partial charge in [-0.2, -0.15) is 0 Å². The van der Waals surface area contributed by atoms with Gasteiger partial charge in [0.1, 0.15) is 5.66 Å². The Morgan fingerprint density at radius 2 is 1.69 bits per heavy atom. The molecule has 0 radical (unpaired) electrons. The number of para-hydroxylation sites is 1. The third-order valence-electron chi connectivity index (χ3n) is 7.65. The standard InChI is InChI=1S/C28H34N4O3/c1-28-17-16-26(34)32(28)24-10-5-4-9-23(24)27(35)31(28)20-8-11-25(33)29-21-12-14-22(15-13-21)30-18-6-2-3-7-19-30/h4-5,9-10,12-15H,2-3,6-8,11,16-20H2,1H3,(H,29,33). The van der Waals surface area contributed by atoms with Crippen LogP contribution >= 0.6 is 0 Å². The number of amides is 3. The number of fused-ring (bicyclic) bond motifs is 3. The zero-order chi connectivity index (χ0) is 24.4. The first-order valence-electron chi connectivity index (χ1n) is 12.9. The number of carbonyl (C=O) groups excluding carboxylic acids is 3. The van der Waals surface area contributed by atoms with Crippen LogP contribution in [-0.2, 0) is 9.59 Å². The van der Waals surface area contributed by atoms with E-state index in [9.17, 15) is 14.4 Å². The monoisotopic (exact) mass is 474 g/mol. The van der Waals surface area contributed by atoms with Crippen molar-refractivity contribution in [3.63, 3.8) is 0 Å². The summed E-state index contributed by atoms with van der Waals surface area (Å²) < 4.78 is 0. The number of benzene rings is 2. The minimum atomic E-state index is -0.678. The van der Waals surface area contributed by atoms with Gasteiger partial charge in [0.25, 0.3) is 5.91 Å². The van der Waals surface area contributed by atoms with Crippen molar-refractivity contribution >= 4 is 34.8 Å². The molecule has 184 valence electrons. The maximum absolute atomic E-state index is 13.3. The minimum Gasteiger partial charge on any atom is -0.372 e. The molecule has 3 aliphatic heterocycles. The van der Waals surface area contributed by atoms with Gasteiger partial charge in [-0.25, -0.2) is 0 Å². The molecule has 7 heteroatoms. The third-order valence-corrected chi connectivity index (χ3v) is 7.65. The van der Waals surface area contributed by atoms with Gasteiger partial charge < -0.3 is 15.1 Å². The molecule has 5 rings (SSSR count). The normalized spacial score (nSPS) is 22.0. The van der Waals surface area contributed by atoms with Crippen molar-refractivity contribution in [3.8, 4) is 0 Å². The van der Waals surface area contributed by atoms with E-state index in [2.05, 4.69) is 22.3 Å². The second-order valence-electron chi connectivity index (χ2n) is 10.0. The Kier molecular flexibility index (Phi) is 6.50. The predicted octanol–water partition coefficient (Wildman–Crippen LogP) is 4.78. The van der Waals surface area contributed by atoms with E-state index < -0.39 is 5.66 Å². The fraction of sp³-hybridized carbons (Fsp3) is 0.464. The van der Waals surface area contributed by atoms with E-state index in [1.54, 1.807) is 15.9 Å². The Bertz CT molecular complexity index is 1110. The lowest BCUT2D eigenvalue weighted by atomic mass is 9.98. The molecule has 35 heavy (non-hydrogen) atoms. The molecular weight excluding hydrogens is 440 g/mol. The van der Waals surface area contributed by atoms with Crippen LogP contribution in [0, 0.1) is 0 Å². The molecule has 2 aromatic rings. The Hall–Kier alpha value is -3.35. The number of nitrogens with zero attached hydrogens (tertiary/aromatic N) is 3. The quantitative estimate of drug-likeness (QED) is 0.654. The molecule has 2 saturated heterocycles. The van der Waals surface area contributed by atoms with Crippen molar-refractivity contribution in [2.45, 2.75) is 64.0 Å². The van der Waals surface area contributed by atoms with Crippen molar-refractivity contribution in [3.05, 3.63) is 54.1 Å². The Balaban J connectivity index is 1.19. The molecule has 0 spiro atoms. The highest BCUT2D eigenvalue weighted by atomic mass is 16.2. The first kappa shape index (κ1) is 23.4. The summed E-state index contributed by atoms with van der Waals surface area (Å²) in [5, 5.41) is 2.99. The summed E-state index contributed by atoms with van der Waals surface area (Å²) in [5.74, 6) is -0.0979. The van der Waals surface area contributed by atoms with Crippen molar-refractivity contribution in [1.29, 1.82) is 0 Å². The van der Waals surface area contributed by atoms with Crippen LogP contribution in [0.25, 0.3) is 0 Å². The Labute approximate surface area is 207 Å². The van der Waals surface area contributed by atoms with E-state index in [4.69, 9.17) is 0 Å². The fourth-order valence-corrected chi connectivity index (χ4v) is 5.75. The molecule has 7 nitrogen and oxygen atoms in total. The number of hydrogen-bond acceptors (Lipinski definition) is 4. The van der Waals surface area contributed by atoms with E-state index >= 15 is 0 Å². The van der Waals surface area contributed by atoms with E-state index in [0.717, 1.165) is 18.8 Å². The Morgan fingerprint density at radius 3 is 2.43 bits per heavy atom. The third kappa shape index (κ3) is 4.51. The van der Waals surface area contributed by atoms with Crippen LogP contribution < -0.4 is 15.1 Å². The van der Waals surface area contributed by atoms with Crippen LogP contribution in [-0.4, -0.2) is 47.9 Å². The van der Waals surface area contributed by atoms with Gasteiger partial charge in [-0.15, -0.1) is 0 Å². The summed E-state index contributed by atoms with van der Waals surface area (Å²) in [5.41, 5.74) is 2.56. The summed E-state index contributed by atoms with van der Waals surface area (Å²) >= 11 is 0. The summed E-state index contributed by atoms with van der Waals surface area (Å²) in [7, 11) is 0. The van der Waals surface area contributed by atoms with Gasteiger partial charge >= 0.3 is 0 Å². The van der Waals surface area contributed by atoms with Crippen LogP contribution in [0.3, 0.4) is 0 Å². The topological polar surface area (TPSA) is 73.0 Å². The number of rotatable bonds is 6. The molecular formula is C28H34N4O3. The lowest BCUT2D eigenvalue weighted by molar-refractivity contribution is -0.118. The zero-order valence-corrected chi connectivity index (χ0v) is 20.5. The number of hydrogen-bond donors (Lipinski definition) is 1. The van der Waals surface area contributed by atoms with Gasteiger partial charge in [0.05, 0.1) is 11.3 Å². The molecule has 0 bridgehead atoms. The molecule has 1 unspecified atom stereocenters. The molecule has 3 aliphatic rings. The van der Waals surface area contributed by atoms with Crippen molar-refractivity contribution in [2.75, 3.05) is 34.8 Å². The molecule has 2 fully saturated rings. The number of carbonyl (C=O) groups is 3. The fourth-order valence-electron chi connectivity index (χ4n) is 5.75. The maximum Gasteiger partial charge on any atom is 0.257 e. The SMILES string of the molecule is CC12CCC(=O)N1c1ccccc1C(=O)N2CCCC(=O)Nc1ccc(N2CCCCCC2)cc1. The van der Waals surface area contributed by atoms with Crippen molar-refractivity contribution < 1.29 is 14.4 Å². The second kappa shape index (κ2) is 9.72. The first-order valence-corrected chi connectivity index (χ1v) is 12.9. The average Bonchev–Trinajstić information content (AvgIpc) is 3.03. The number of anilines is 3. The van der Waals surface area contributed by atoms with Gasteiger partial charge in [0, 0.05) is 43.9 Å². The van der Waals surface area contributed by atoms with Crippen LogP contribution in [0.4, 0.5) is 17.1 Å². The average molecular weight is 475 g/mol. The molecule has 1 N–H and O–H groups in total. The van der Waals surface area contributed by atoms with Crippen molar-refractivity contribution in [2.24, 2.45) is 0 Å². The minimum absolute atomic E-state index is 0.0406. The van der Waals surface area contributed by atoms with Gasteiger partial charge in [0.15, 0.2) is 0 Å². The summed E-state index contributed by atoms with van der Waals surface area (Å²) in [6.07, 6.45) is 6.92. The highest BCUT2D eigenvalue weighted by molar-refractivity contribution is 6.10. The smallest absolute Gasteiger partial charge is 0.257 e. The molecule has 2 aromatic carbocycles. The van der Waals surface area contributed by atoms with Crippen LogP contribution in [0.2, 0.25) is 0 Å². The highest BCUT2D eigenvalue weighted by Crippen LogP contribution is 2.44. The molecule has 1 atom stereocenters. The number of nitrogens with one attached hydrogen (secondary N) is 1. The molecule has 3 heterocycles. The van der Waals surface area contributed by atoms with Crippen LogP contribution in [0.15, 0.2) is 48.5 Å². The van der Waals surface area contributed by atoms with Gasteiger partial charge in [-0.05, 0) is 69.0 Å². The first-order chi connectivity index (χ1) is 17.0. The second-order valence-corrected chi connectivity index (χ2v) is 10.0. The van der Waals surface area contributed by atoms with Gasteiger partial charge in [0.2, 0.25) is 11.8 Å². The Morgan fingerprint density at radius 1 is 0.971 bits per heavy atom. The van der Waals surface area contributed by atoms with Crippen molar-refractivity contribution in [1.82, 2.24) is 4.90 Å². The summed E-state index contributed by atoms with van der Waals surface area (Å²) in [6.45, 7) is 4.56. The molecule has 3 amide bonds. The molecule has 0 aliphatic carbocycles. The van der Waals surface area contributed by atoms with E-state index in [-0.39, 0.29) is 17.7 Å². The van der Waals surface area contributed by atoms with E-state index in [0.29, 0.717) is 43.5 Å². The molecule has 0 aromatic heterocycles. The molecule has 0 saturated carbocycles. The van der Waals surface area contributed by atoms with Crippen LogP contribution in [0.5, 0.6) is 0 Å². The van der Waals surface area contributed by atoms with Gasteiger partial charge in [-0.3, -0.25) is 19.3 Å². The highest BCUT2D eigenvalue weighted by Gasteiger charge is 2.52. The van der Waals surface area contributed by atoms with E-state index in [1.807, 2.05) is 37.3 Å². The zero-order valence-electron chi connectivity index (χ0n) is 20.5.